The average molecular weight is 349 g/mol. The lowest BCUT2D eigenvalue weighted by molar-refractivity contribution is 0.580. The van der Waals surface area contributed by atoms with E-state index in [2.05, 4.69) is 31.0 Å². The van der Waals surface area contributed by atoms with Gasteiger partial charge in [0.15, 0.2) is 0 Å². The summed E-state index contributed by atoms with van der Waals surface area (Å²) in [4.78, 5) is 4.53. The van der Waals surface area contributed by atoms with Gasteiger partial charge >= 0.3 is 0 Å². The SMILES string of the molecule is Cc1nccn1S(=O)(=O)c1c(C(C)C)cc(C(C)C)cc1C(C)C. The number of hydrogen-bond donors (Lipinski definition) is 0. The Morgan fingerprint density at radius 2 is 1.42 bits per heavy atom. The minimum Gasteiger partial charge on any atom is -0.241 e. The topological polar surface area (TPSA) is 52.0 Å². The molecule has 1 heterocycles. The molecule has 0 atom stereocenters. The van der Waals surface area contributed by atoms with Crippen molar-refractivity contribution in [1.29, 1.82) is 0 Å². The van der Waals surface area contributed by atoms with Crippen LogP contribution in [0.15, 0.2) is 29.4 Å². The number of nitrogens with zero attached hydrogens (tertiary/aromatic N) is 2. The van der Waals surface area contributed by atoms with Crippen LogP contribution in [0.3, 0.4) is 0 Å². The molecule has 2 aromatic rings. The molecule has 0 spiro atoms. The maximum absolute atomic E-state index is 13.4. The molecular weight excluding hydrogens is 320 g/mol. The first kappa shape index (κ1) is 18.7. The number of aromatic nitrogens is 2. The highest BCUT2D eigenvalue weighted by Gasteiger charge is 2.29. The van der Waals surface area contributed by atoms with Gasteiger partial charge in [0, 0.05) is 12.4 Å². The second kappa shape index (κ2) is 6.71. The molecule has 0 amide bonds. The third-order valence-corrected chi connectivity index (χ3v) is 6.27. The number of aryl methyl sites for hydroxylation is 1. The Morgan fingerprint density at radius 3 is 1.75 bits per heavy atom. The Hall–Kier alpha value is -1.62. The first-order chi connectivity index (χ1) is 11.1. The average Bonchev–Trinajstić information content (AvgIpc) is 2.92. The third-order valence-electron chi connectivity index (χ3n) is 4.38. The van der Waals surface area contributed by atoms with E-state index < -0.39 is 10.0 Å². The van der Waals surface area contributed by atoms with Crippen LogP contribution in [-0.4, -0.2) is 17.4 Å². The maximum Gasteiger partial charge on any atom is 0.269 e. The van der Waals surface area contributed by atoms with Crippen LogP contribution in [0.25, 0.3) is 0 Å². The van der Waals surface area contributed by atoms with E-state index in [1.54, 1.807) is 6.92 Å². The fourth-order valence-corrected chi connectivity index (χ4v) is 4.90. The van der Waals surface area contributed by atoms with Crippen molar-refractivity contribution < 1.29 is 8.42 Å². The zero-order valence-corrected chi connectivity index (χ0v) is 16.5. The summed E-state index contributed by atoms with van der Waals surface area (Å²) in [6, 6.07) is 4.11. The highest BCUT2D eigenvalue weighted by atomic mass is 32.2. The Bertz CT molecular complexity index is 802. The number of hydrogen-bond acceptors (Lipinski definition) is 3. The Morgan fingerprint density at radius 1 is 0.917 bits per heavy atom. The molecule has 0 aliphatic rings. The number of imidazole rings is 1. The second-order valence-corrected chi connectivity index (χ2v) is 9.02. The van der Waals surface area contributed by atoms with E-state index in [-0.39, 0.29) is 11.8 Å². The van der Waals surface area contributed by atoms with Gasteiger partial charge in [-0.1, -0.05) is 53.7 Å². The predicted octanol–water partition coefficient (Wildman–Crippen LogP) is 4.80. The Balaban J connectivity index is 2.88. The Labute approximate surface area is 146 Å². The van der Waals surface area contributed by atoms with Gasteiger partial charge in [-0.05, 0) is 41.4 Å². The summed E-state index contributed by atoms with van der Waals surface area (Å²) >= 11 is 0. The van der Waals surface area contributed by atoms with E-state index in [0.29, 0.717) is 16.6 Å². The zero-order valence-electron chi connectivity index (χ0n) is 15.7. The molecular formula is C19H28N2O2S. The van der Waals surface area contributed by atoms with Crippen LogP contribution in [0, 0.1) is 6.92 Å². The molecule has 0 saturated carbocycles. The molecule has 5 heteroatoms. The van der Waals surface area contributed by atoms with Gasteiger partial charge in [-0.25, -0.2) is 17.4 Å². The van der Waals surface area contributed by atoms with Crippen molar-refractivity contribution >= 4 is 10.0 Å². The van der Waals surface area contributed by atoms with Gasteiger partial charge < -0.3 is 0 Å². The van der Waals surface area contributed by atoms with Crippen molar-refractivity contribution in [2.75, 3.05) is 0 Å². The van der Waals surface area contributed by atoms with E-state index in [0.717, 1.165) is 11.1 Å². The standard InChI is InChI=1S/C19H28N2O2S/c1-12(2)16-10-17(13(3)4)19(18(11-16)14(5)6)24(22,23)21-9-8-20-15(21)7/h8-14H,1-7H3. The molecule has 132 valence electrons. The van der Waals surface area contributed by atoms with E-state index in [1.165, 1.54) is 21.9 Å². The van der Waals surface area contributed by atoms with Crippen LogP contribution in [0.5, 0.6) is 0 Å². The van der Waals surface area contributed by atoms with Gasteiger partial charge in [-0.15, -0.1) is 0 Å². The maximum atomic E-state index is 13.4. The smallest absolute Gasteiger partial charge is 0.241 e. The molecule has 24 heavy (non-hydrogen) atoms. The lowest BCUT2D eigenvalue weighted by Gasteiger charge is -2.23. The molecule has 0 aliphatic heterocycles. The van der Waals surface area contributed by atoms with Crippen molar-refractivity contribution in [1.82, 2.24) is 8.96 Å². The summed E-state index contributed by atoms with van der Waals surface area (Å²) in [6.45, 7) is 14.2. The van der Waals surface area contributed by atoms with Gasteiger partial charge in [-0.3, -0.25) is 0 Å². The van der Waals surface area contributed by atoms with E-state index >= 15 is 0 Å². The molecule has 1 aromatic heterocycles. The number of benzene rings is 1. The monoisotopic (exact) mass is 348 g/mol. The van der Waals surface area contributed by atoms with Crippen molar-refractivity contribution in [2.24, 2.45) is 0 Å². The minimum atomic E-state index is -3.67. The molecule has 0 N–H and O–H groups in total. The van der Waals surface area contributed by atoms with Crippen LogP contribution >= 0.6 is 0 Å². The van der Waals surface area contributed by atoms with Crippen LogP contribution in [0.1, 0.15) is 81.8 Å². The van der Waals surface area contributed by atoms with E-state index in [4.69, 9.17) is 0 Å². The first-order valence-corrected chi connectivity index (χ1v) is 9.94. The summed E-state index contributed by atoms with van der Waals surface area (Å²) in [5, 5.41) is 0. The van der Waals surface area contributed by atoms with Crippen LogP contribution in [0.4, 0.5) is 0 Å². The highest BCUT2D eigenvalue weighted by Crippen LogP contribution is 2.36. The van der Waals surface area contributed by atoms with Crippen molar-refractivity contribution in [3.8, 4) is 0 Å². The molecule has 0 saturated heterocycles. The summed E-state index contributed by atoms with van der Waals surface area (Å²) in [5.74, 6) is 1.07. The van der Waals surface area contributed by atoms with Crippen molar-refractivity contribution in [2.45, 2.75) is 71.1 Å². The molecule has 0 aliphatic carbocycles. The van der Waals surface area contributed by atoms with Gasteiger partial charge in [0.25, 0.3) is 10.0 Å². The fourth-order valence-electron chi connectivity index (χ4n) is 2.91. The summed E-state index contributed by atoms with van der Waals surface area (Å²) in [6.07, 6.45) is 3.05. The zero-order chi connectivity index (χ0) is 18.2. The molecule has 0 radical (unpaired) electrons. The summed E-state index contributed by atoms with van der Waals surface area (Å²) < 4.78 is 28.0. The predicted molar refractivity (Wildman–Crippen MR) is 98.3 cm³/mol. The van der Waals surface area contributed by atoms with Crippen molar-refractivity contribution in [3.63, 3.8) is 0 Å². The molecule has 1 aromatic carbocycles. The molecule has 4 nitrogen and oxygen atoms in total. The molecule has 0 unspecified atom stereocenters. The second-order valence-electron chi connectivity index (χ2n) is 7.27. The summed E-state index contributed by atoms with van der Waals surface area (Å²) in [5.41, 5.74) is 2.96. The van der Waals surface area contributed by atoms with Gasteiger partial charge in [0.1, 0.15) is 5.82 Å². The van der Waals surface area contributed by atoms with Gasteiger partial charge in [0.2, 0.25) is 0 Å². The van der Waals surface area contributed by atoms with E-state index in [1.807, 2.05) is 27.7 Å². The quantitative estimate of drug-likeness (QED) is 0.780. The van der Waals surface area contributed by atoms with Gasteiger partial charge in [-0.2, -0.15) is 0 Å². The van der Waals surface area contributed by atoms with Crippen LogP contribution in [0.2, 0.25) is 0 Å². The third kappa shape index (κ3) is 3.27. The lowest BCUT2D eigenvalue weighted by atomic mass is 9.89. The van der Waals surface area contributed by atoms with Crippen molar-refractivity contribution in [3.05, 3.63) is 47.0 Å². The molecule has 2 rings (SSSR count). The largest absolute Gasteiger partial charge is 0.269 e. The highest BCUT2D eigenvalue weighted by molar-refractivity contribution is 7.90. The van der Waals surface area contributed by atoms with Crippen LogP contribution in [-0.2, 0) is 10.0 Å². The fraction of sp³-hybridized carbons (Fsp3) is 0.526. The Kier molecular flexibility index (Phi) is 5.23. The number of rotatable bonds is 5. The molecule has 0 fully saturated rings. The normalized spacial score (nSPS) is 12.6. The van der Waals surface area contributed by atoms with Gasteiger partial charge in [0.05, 0.1) is 4.90 Å². The minimum absolute atomic E-state index is 0.120. The first-order valence-electron chi connectivity index (χ1n) is 8.50. The van der Waals surface area contributed by atoms with E-state index in [9.17, 15) is 8.42 Å². The molecule has 0 bridgehead atoms. The van der Waals surface area contributed by atoms with Crippen LogP contribution < -0.4 is 0 Å². The lowest BCUT2D eigenvalue weighted by Crippen LogP contribution is -2.19. The summed E-state index contributed by atoms with van der Waals surface area (Å²) in [7, 11) is -3.67.